The molecule has 7 heteroatoms. The predicted octanol–water partition coefficient (Wildman–Crippen LogP) is 5.17. The number of nitrogens with one attached hydrogen (secondary N) is 1. The molecule has 1 aliphatic heterocycles. The fourth-order valence-electron chi connectivity index (χ4n) is 3.46. The summed E-state index contributed by atoms with van der Waals surface area (Å²) in [6.45, 7) is 1.46. The number of hydrogen-bond acceptors (Lipinski definition) is 6. The lowest BCUT2D eigenvalue weighted by Crippen LogP contribution is -2.25. The Hall–Kier alpha value is -3.16. The Morgan fingerprint density at radius 1 is 1.00 bits per heavy atom. The summed E-state index contributed by atoms with van der Waals surface area (Å²) in [6.07, 6.45) is 0.282. The molecule has 2 aromatic heterocycles. The van der Waals surface area contributed by atoms with Crippen LogP contribution in [0.4, 0.5) is 0 Å². The van der Waals surface area contributed by atoms with Crippen LogP contribution in [0.1, 0.15) is 10.4 Å². The van der Waals surface area contributed by atoms with E-state index in [9.17, 15) is 4.79 Å². The van der Waals surface area contributed by atoms with Gasteiger partial charge in [-0.15, -0.1) is 22.7 Å². The van der Waals surface area contributed by atoms with Gasteiger partial charge in [0.25, 0.3) is 0 Å². The van der Waals surface area contributed by atoms with Crippen molar-refractivity contribution < 1.29 is 14.3 Å². The van der Waals surface area contributed by atoms with E-state index < -0.39 is 0 Å². The van der Waals surface area contributed by atoms with Crippen LogP contribution >= 0.6 is 22.7 Å². The lowest BCUT2D eigenvalue weighted by atomic mass is 10.1. The summed E-state index contributed by atoms with van der Waals surface area (Å²) in [7, 11) is 0. The molecule has 1 N–H and O–H groups in total. The maximum absolute atomic E-state index is 12.8. The summed E-state index contributed by atoms with van der Waals surface area (Å²) in [5.74, 6) is 1.40. The van der Waals surface area contributed by atoms with E-state index in [2.05, 4.69) is 5.32 Å². The van der Waals surface area contributed by atoms with Crippen LogP contribution in [-0.2, 0) is 17.8 Å². The van der Waals surface area contributed by atoms with Crippen LogP contribution in [-0.4, -0.2) is 24.1 Å². The molecule has 0 radical (unpaired) electrons. The van der Waals surface area contributed by atoms with E-state index in [1.165, 1.54) is 0 Å². The molecule has 0 atom stereocenters. The molecule has 0 bridgehead atoms. The van der Waals surface area contributed by atoms with Crippen LogP contribution in [0.25, 0.3) is 21.1 Å². The molecule has 2 aromatic carbocycles. The maximum Gasteiger partial charge on any atom is 0.225 e. The van der Waals surface area contributed by atoms with Crippen molar-refractivity contribution in [2.24, 2.45) is 0 Å². The molecule has 5 rings (SSSR count). The summed E-state index contributed by atoms with van der Waals surface area (Å²) in [4.78, 5) is 19.7. The van der Waals surface area contributed by atoms with Gasteiger partial charge >= 0.3 is 0 Å². The molecule has 4 aromatic rings. The fraction of sp³-hybridized carbons (Fsp3) is 0.167. The minimum Gasteiger partial charge on any atom is -0.486 e. The molecule has 0 spiro atoms. The number of para-hydroxylation sites is 1. The average molecular weight is 449 g/mol. The van der Waals surface area contributed by atoms with E-state index in [4.69, 9.17) is 14.5 Å². The lowest BCUT2D eigenvalue weighted by Gasteiger charge is -2.21. The molecule has 1 aliphatic rings. The fourth-order valence-corrected chi connectivity index (χ4v) is 5.34. The monoisotopic (exact) mass is 448 g/mol. The number of rotatable bonds is 6. The topological polar surface area (TPSA) is 60.5 Å². The van der Waals surface area contributed by atoms with E-state index in [0.717, 1.165) is 43.1 Å². The second-order valence-corrected chi connectivity index (χ2v) is 9.06. The zero-order chi connectivity index (χ0) is 21.0. The van der Waals surface area contributed by atoms with Gasteiger partial charge in [-0.25, -0.2) is 4.98 Å². The highest BCUT2D eigenvalue weighted by molar-refractivity contribution is 7.17. The van der Waals surface area contributed by atoms with Gasteiger partial charge in [0.1, 0.15) is 18.2 Å². The third-order valence-corrected chi connectivity index (χ3v) is 6.90. The van der Waals surface area contributed by atoms with Crippen molar-refractivity contribution in [1.29, 1.82) is 0 Å². The van der Waals surface area contributed by atoms with Gasteiger partial charge < -0.3 is 14.8 Å². The zero-order valence-corrected chi connectivity index (χ0v) is 18.3. The van der Waals surface area contributed by atoms with E-state index in [1.807, 2.05) is 66.0 Å². The third-order valence-electron chi connectivity index (χ3n) is 4.92. The molecule has 156 valence electrons. The Balaban J connectivity index is 1.35. The molecule has 0 fully saturated rings. The number of ether oxygens (including phenoxy) is 2. The van der Waals surface area contributed by atoms with Gasteiger partial charge in [0.15, 0.2) is 11.5 Å². The van der Waals surface area contributed by atoms with E-state index in [0.29, 0.717) is 19.8 Å². The van der Waals surface area contributed by atoms with Gasteiger partial charge in [-0.1, -0.05) is 48.5 Å². The number of thiazole rings is 1. The number of thiophene rings is 1. The van der Waals surface area contributed by atoms with Crippen molar-refractivity contribution in [2.75, 3.05) is 13.2 Å². The summed E-state index contributed by atoms with van der Waals surface area (Å²) in [5, 5.41) is 5.98. The molecule has 5 nitrogen and oxygen atoms in total. The predicted molar refractivity (Wildman–Crippen MR) is 124 cm³/mol. The van der Waals surface area contributed by atoms with Crippen molar-refractivity contribution in [1.82, 2.24) is 10.3 Å². The standard InChI is InChI=1S/C24H20N2O3S2/c27-21(25-15-17-8-4-9-18-23(17)29-12-11-28-18)14-20-22(19-10-5-13-30-19)26-24(31-20)16-6-2-1-3-7-16/h1-10,13H,11-12,14-15H2,(H,25,27). The third kappa shape index (κ3) is 4.33. The maximum atomic E-state index is 12.8. The number of amides is 1. The number of fused-ring (bicyclic) bond motifs is 1. The number of hydrogen-bond donors (Lipinski definition) is 1. The number of carbonyl (C=O) groups is 1. The quantitative estimate of drug-likeness (QED) is 0.442. The number of carbonyl (C=O) groups excluding carboxylic acids is 1. The normalized spacial score (nSPS) is 12.5. The van der Waals surface area contributed by atoms with Crippen LogP contribution in [0, 0.1) is 0 Å². The van der Waals surface area contributed by atoms with Gasteiger partial charge in [-0.3, -0.25) is 4.79 Å². The number of nitrogens with zero attached hydrogens (tertiary/aromatic N) is 1. The van der Waals surface area contributed by atoms with Crippen molar-refractivity contribution in [2.45, 2.75) is 13.0 Å². The first-order valence-electron chi connectivity index (χ1n) is 10.0. The van der Waals surface area contributed by atoms with Gasteiger partial charge in [-0.05, 0) is 17.5 Å². The Morgan fingerprint density at radius 3 is 2.71 bits per heavy atom. The van der Waals surface area contributed by atoms with Crippen molar-refractivity contribution in [3.05, 3.63) is 76.5 Å². The molecule has 3 heterocycles. The van der Waals surface area contributed by atoms with Crippen molar-refractivity contribution in [3.8, 4) is 32.6 Å². The first kappa shape index (κ1) is 19.8. The first-order chi connectivity index (χ1) is 15.3. The zero-order valence-electron chi connectivity index (χ0n) is 16.7. The molecule has 0 aliphatic carbocycles. The summed E-state index contributed by atoms with van der Waals surface area (Å²) < 4.78 is 11.4. The number of aromatic nitrogens is 1. The second-order valence-electron chi connectivity index (χ2n) is 7.03. The molecule has 0 saturated heterocycles. The van der Waals surface area contributed by atoms with E-state index in [1.54, 1.807) is 22.7 Å². The minimum absolute atomic E-state index is 0.0459. The molecular weight excluding hydrogens is 428 g/mol. The lowest BCUT2D eigenvalue weighted by molar-refractivity contribution is -0.120. The summed E-state index contributed by atoms with van der Waals surface area (Å²) >= 11 is 3.21. The second kappa shape index (κ2) is 8.91. The minimum atomic E-state index is -0.0459. The van der Waals surface area contributed by atoms with Crippen LogP contribution in [0.15, 0.2) is 66.0 Å². The van der Waals surface area contributed by atoms with Gasteiger partial charge in [0.2, 0.25) is 5.91 Å². The summed E-state index contributed by atoms with van der Waals surface area (Å²) in [6, 6.07) is 19.9. The van der Waals surface area contributed by atoms with Crippen molar-refractivity contribution >= 4 is 28.6 Å². The largest absolute Gasteiger partial charge is 0.486 e. The van der Waals surface area contributed by atoms with Gasteiger partial charge in [0, 0.05) is 22.5 Å². The van der Waals surface area contributed by atoms with Gasteiger partial charge in [-0.2, -0.15) is 0 Å². The molecule has 1 amide bonds. The van der Waals surface area contributed by atoms with Gasteiger partial charge in [0.05, 0.1) is 17.0 Å². The van der Waals surface area contributed by atoms with E-state index >= 15 is 0 Å². The Kier molecular flexibility index (Phi) is 5.69. The van der Waals surface area contributed by atoms with Crippen molar-refractivity contribution in [3.63, 3.8) is 0 Å². The summed E-state index contributed by atoms with van der Waals surface area (Å²) in [5.41, 5.74) is 2.87. The number of benzene rings is 2. The highest BCUT2D eigenvalue weighted by Crippen LogP contribution is 2.36. The van der Waals surface area contributed by atoms with Crippen LogP contribution in [0.3, 0.4) is 0 Å². The molecule has 31 heavy (non-hydrogen) atoms. The first-order valence-corrected chi connectivity index (χ1v) is 11.7. The SMILES string of the molecule is O=C(Cc1sc(-c2ccccc2)nc1-c1cccs1)NCc1cccc2c1OCCO2. The van der Waals surface area contributed by atoms with Crippen LogP contribution < -0.4 is 14.8 Å². The molecule has 0 unspecified atom stereocenters. The highest BCUT2D eigenvalue weighted by Gasteiger charge is 2.19. The van der Waals surface area contributed by atoms with E-state index in [-0.39, 0.29) is 12.3 Å². The molecule has 0 saturated carbocycles. The smallest absolute Gasteiger partial charge is 0.225 e. The molecular formula is C24H20N2O3S2. The van der Waals surface area contributed by atoms with Crippen LogP contribution in [0.2, 0.25) is 0 Å². The Bertz CT molecular complexity index is 1190. The average Bonchev–Trinajstić information content (AvgIpc) is 3.48. The highest BCUT2D eigenvalue weighted by atomic mass is 32.1. The Morgan fingerprint density at radius 2 is 1.87 bits per heavy atom. The van der Waals surface area contributed by atoms with Crippen LogP contribution in [0.5, 0.6) is 11.5 Å². The Labute approximate surface area is 188 Å².